The lowest BCUT2D eigenvalue weighted by molar-refractivity contribution is 0.0694. The molecule has 0 saturated carbocycles. The average molecular weight is 320 g/mol. The largest absolute Gasteiger partial charge is 0.477 e. The molecule has 24 heavy (non-hydrogen) atoms. The molecular weight excluding hydrogens is 304 g/mol. The van der Waals surface area contributed by atoms with Crippen LogP contribution in [0.15, 0.2) is 65.5 Å². The van der Waals surface area contributed by atoms with Crippen LogP contribution in [0.5, 0.6) is 0 Å². The molecule has 0 aliphatic rings. The Labute approximate surface area is 138 Å². The van der Waals surface area contributed by atoms with Crippen molar-refractivity contribution in [2.75, 3.05) is 0 Å². The van der Waals surface area contributed by atoms with Crippen LogP contribution in [0.4, 0.5) is 0 Å². The molecule has 0 bridgehead atoms. The van der Waals surface area contributed by atoms with E-state index in [2.05, 4.69) is 5.10 Å². The van der Waals surface area contributed by atoms with E-state index in [0.717, 1.165) is 5.56 Å². The highest BCUT2D eigenvalue weighted by Gasteiger charge is 2.24. The fourth-order valence-corrected chi connectivity index (χ4v) is 2.67. The van der Waals surface area contributed by atoms with E-state index in [-0.39, 0.29) is 5.56 Å². The summed E-state index contributed by atoms with van der Waals surface area (Å²) in [5.41, 5.74) is 1.41. The number of carboxylic acid groups (broad SMARTS) is 1. The molecule has 0 saturated heterocycles. The van der Waals surface area contributed by atoms with Crippen molar-refractivity contribution in [1.29, 1.82) is 0 Å². The first kappa shape index (κ1) is 15.7. The van der Waals surface area contributed by atoms with Gasteiger partial charge in [0.2, 0.25) is 0 Å². The van der Waals surface area contributed by atoms with Crippen LogP contribution in [0.3, 0.4) is 0 Å². The van der Waals surface area contributed by atoms with E-state index in [9.17, 15) is 14.7 Å². The van der Waals surface area contributed by atoms with Crippen LogP contribution in [-0.2, 0) is 6.54 Å². The van der Waals surface area contributed by atoms with Crippen LogP contribution in [-0.4, -0.2) is 20.9 Å². The molecule has 0 amide bonds. The molecule has 120 valence electrons. The van der Waals surface area contributed by atoms with Crippen LogP contribution >= 0.6 is 0 Å². The Balaban J connectivity index is 2.46. The highest BCUT2D eigenvalue weighted by atomic mass is 16.4. The van der Waals surface area contributed by atoms with E-state index >= 15 is 0 Å². The first-order chi connectivity index (χ1) is 11.6. The summed E-state index contributed by atoms with van der Waals surface area (Å²) in [5.74, 6) is -1.25. The molecule has 2 aromatic carbocycles. The predicted octanol–water partition coefficient (Wildman–Crippen LogP) is 3.30. The third-order valence-corrected chi connectivity index (χ3v) is 3.78. The number of carboxylic acids is 1. The van der Waals surface area contributed by atoms with Crippen LogP contribution in [0.2, 0.25) is 0 Å². The van der Waals surface area contributed by atoms with Gasteiger partial charge in [-0.25, -0.2) is 9.48 Å². The molecule has 1 N–H and O–H groups in total. The van der Waals surface area contributed by atoms with Gasteiger partial charge in [0.25, 0.3) is 5.56 Å². The van der Waals surface area contributed by atoms with Crippen molar-refractivity contribution >= 4 is 5.97 Å². The van der Waals surface area contributed by atoms with E-state index in [0.29, 0.717) is 23.4 Å². The molecule has 5 heteroatoms. The summed E-state index contributed by atoms with van der Waals surface area (Å²) in [7, 11) is 0. The van der Waals surface area contributed by atoms with Crippen LogP contribution < -0.4 is 5.56 Å². The normalized spacial score (nSPS) is 10.5. The summed E-state index contributed by atoms with van der Waals surface area (Å²) in [4.78, 5) is 24.4. The molecule has 5 nitrogen and oxygen atoms in total. The molecule has 0 unspecified atom stereocenters. The lowest BCUT2D eigenvalue weighted by atomic mass is 9.95. The number of aromatic carboxylic acids is 1. The van der Waals surface area contributed by atoms with Gasteiger partial charge in [-0.3, -0.25) is 4.79 Å². The fourth-order valence-electron chi connectivity index (χ4n) is 2.67. The molecule has 0 atom stereocenters. The number of aromatic nitrogens is 2. The first-order valence-electron chi connectivity index (χ1n) is 7.62. The second-order valence-electron chi connectivity index (χ2n) is 5.26. The van der Waals surface area contributed by atoms with E-state index in [1.54, 1.807) is 31.2 Å². The number of benzene rings is 2. The second-order valence-corrected chi connectivity index (χ2v) is 5.26. The predicted molar refractivity (Wildman–Crippen MR) is 92.0 cm³/mol. The number of hydrogen-bond acceptors (Lipinski definition) is 3. The molecule has 1 aromatic heterocycles. The Morgan fingerprint density at radius 2 is 1.54 bits per heavy atom. The number of rotatable bonds is 4. The zero-order valence-corrected chi connectivity index (χ0v) is 13.1. The molecular formula is C19H16N2O3. The summed E-state index contributed by atoms with van der Waals surface area (Å²) >= 11 is 0. The summed E-state index contributed by atoms with van der Waals surface area (Å²) in [6.07, 6.45) is 0. The van der Waals surface area contributed by atoms with Crippen molar-refractivity contribution in [3.63, 3.8) is 0 Å². The molecule has 1 heterocycles. The SMILES string of the molecule is CCn1nc(-c2ccccc2)c(-c2ccccc2)c(C(=O)O)c1=O. The van der Waals surface area contributed by atoms with Crippen molar-refractivity contribution in [3.8, 4) is 22.4 Å². The minimum Gasteiger partial charge on any atom is -0.477 e. The van der Waals surface area contributed by atoms with Crippen molar-refractivity contribution in [2.24, 2.45) is 0 Å². The van der Waals surface area contributed by atoms with Crippen molar-refractivity contribution in [3.05, 3.63) is 76.6 Å². The molecule has 0 aliphatic carbocycles. The average Bonchev–Trinajstić information content (AvgIpc) is 2.62. The first-order valence-corrected chi connectivity index (χ1v) is 7.62. The Kier molecular flexibility index (Phi) is 4.24. The van der Waals surface area contributed by atoms with Gasteiger partial charge >= 0.3 is 5.97 Å². The lowest BCUT2D eigenvalue weighted by Crippen LogP contribution is -2.30. The maximum absolute atomic E-state index is 12.5. The van der Waals surface area contributed by atoms with Gasteiger partial charge in [0.05, 0.1) is 5.69 Å². The highest BCUT2D eigenvalue weighted by Crippen LogP contribution is 2.31. The third-order valence-electron chi connectivity index (χ3n) is 3.78. The maximum atomic E-state index is 12.5. The molecule has 0 spiro atoms. The standard InChI is InChI=1S/C19H16N2O3/c1-2-21-18(22)16(19(23)24)15(13-9-5-3-6-10-13)17(20-21)14-11-7-4-8-12-14/h3-12H,2H2,1H3,(H,23,24). The highest BCUT2D eigenvalue weighted by molar-refractivity contribution is 5.99. The topological polar surface area (TPSA) is 72.2 Å². The Bertz CT molecular complexity index is 932. The number of aryl methyl sites for hydroxylation is 1. The Morgan fingerprint density at radius 1 is 1.00 bits per heavy atom. The fraction of sp³-hybridized carbons (Fsp3) is 0.105. The monoisotopic (exact) mass is 320 g/mol. The van der Waals surface area contributed by atoms with Gasteiger partial charge in [0, 0.05) is 17.7 Å². The second kappa shape index (κ2) is 6.50. The molecule has 0 radical (unpaired) electrons. The van der Waals surface area contributed by atoms with Crippen LogP contribution in [0.25, 0.3) is 22.4 Å². The van der Waals surface area contributed by atoms with E-state index in [4.69, 9.17) is 0 Å². The quantitative estimate of drug-likeness (QED) is 0.800. The molecule has 0 fully saturated rings. The van der Waals surface area contributed by atoms with Crippen molar-refractivity contribution in [2.45, 2.75) is 13.5 Å². The Hall–Kier alpha value is -3.21. The molecule has 3 rings (SSSR count). The molecule has 3 aromatic rings. The van der Waals surface area contributed by atoms with Gasteiger partial charge in [0.1, 0.15) is 5.56 Å². The van der Waals surface area contributed by atoms with Gasteiger partial charge in [-0.2, -0.15) is 5.10 Å². The summed E-state index contributed by atoms with van der Waals surface area (Å²) in [6, 6.07) is 18.3. The van der Waals surface area contributed by atoms with E-state index in [1.165, 1.54) is 4.68 Å². The van der Waals surface area contributed by atoms with Crippen molar-refractivity contribution < 1.29 is 9.90 Å². The minimum absolute atomic E-state index is 0.253. The lowest BCUT2D eigenvalue weighted by Gasteiger charge is -2.14. The number of hydrogen-bond donors (Lipinski definition) is 1. The maximum Gasteiger partial charge on any atom is 0.342 e. The van der Waals surface area contributed by atoms with E-state index < -0.39 is 11.5 Å². The minimum atomic E-state index is -1.25. The number of nitrogens with zero attached hydrogens (tertiary/aromatic N) is 2. The van der Waals surface area contributed by atoms with Crippen LogP contribution in [0, 0.1) is 0 Å². The zero-order valence-electron chi connectivity index (χ0n) is 13.1. The summed E-state index contributed by atoms with van der Waals surface area (Å²) in [5, 5.41) is 14.1. The zero-order chi connectivity index (χ0) is 17.1. The molecule has 0 aliphatic heterocycles. The summed E-state index contributed by atoms with van der Waals surface area (Å²) < 4.78 is 1.19. The van der Waals surface area contributed by atoms with Gasteiger partial charge < -0.3 is 5.11 Å². The third kappa shape index (κ3) is 2.72. The van der Waals surface area contributed by atoms with Gasteiger partial charge in [-0.1, -0.05) is 60.7 Å². The smallest absolute Gasteiger partial charge is 0.342 e. The Morgan fingerprint density at radius 3 is 2.04 bits per heavy atom. The van der Waals surface area contributed by atoms with E-state index in [1.807, 2.05) is 36.4 Å². The van der Waals surface area contributed by atoms with Crippen molar-refractivity contribution in [1.82, 2.24) is 9.78 Å². The van der Waals surface area contributed by atoms with Gasteiger partial charge in [-0.15, -0.1) is 0 Å². The number of carbonyl (C=O) groups is 1. The van der Waals surface area contributed by atoms with Crippen LogP contribution in [0.1, 0.15) is 17.3 Å². The summed E-state index contributed by atoms with van der Waals surface area (Å²) in [6.45, 7) is 2.06. The van der Waals surface area contributed by atoms with Gasteiger partial charge in [0.15, 0.2) is 0 Å². The van der Waals surface area contributed by atoms with Gasteiger partial charge in [-0.05, 0) is 12.5 Å².